The van der Waals surface area contributed by atoms with E-state index < -0.39 is 0 Å². The number of rotatable bonds is 3. The summed E-state index contributed by atoms with van der Waals surface area (Å²) in [4.78, 5) is 12.9. The Labute approximate surface area is 54.4 Å². The highest BCUT2D eigenvalue weighted by Gasteiger charge is 1.94. The van der Waals surface area contributed by atoms with Crippen LogP contribution in [0, 0.1) is 0 Å². The van der Waals surface area contributed by atoms with E-state index in [9.17, 15) is 4.79 Å². The van der Waals surface area contributed by atoms with E-state index in [2.05, 4.69) is 17.6 Å². The molecular weight excluding hydrogens is 122 g/mol. The van der Waals surface area contributed by atoms with Gasteiger partial charge in [0.1, 0.15) is 0 Å². The summed E-state index contributed by atoms with van der Waals surface area (Å²) >= 11 is 4.09. The summed E-state index contributed by atoms with van der Waals surface area (Å²) in [5.41, 5.74) is 0. The lowest BCUT2D eigenvalue weighted by molar-refractivity contribution is 0.562. The van der Waals surface area contributed by atoms with Crippen molar-refractivity contribution >= 4 is 18.7 Å². The molecule has 0 radical (unpaired) electrons. The number of nitrogens with zero attached hydrogens (tertiary/aromatic N) is 1. The molecule has 2 nitrogen and oxygen atoms in total. The SMILES string of the molecule is CCC(S)CN=C=O. The summed E-state index contributed by atoms with van der Waals surface area (Å²) in [7, 11) is 0. The zero-order valence-electron chi connectivity index (χ0n) is 4.79. The highest BCUT2D eigenvalue weighted by molar-refractivity contribution is 7.81. The van der Waals surface area contributed by atoms with Gasteiger partial charge in [0, 0.05) is 5.25 Å². The fourth-order valence-electron chi connectivity index (χ4n) is 0.272. The highest BCUT2D eigenvalue weighted by Crippen LogP contribution is 1.98. The van der Waals surface area contributed by atoms with Gasteiger partial charge in [-0.05, 0) is 6.42 Å². The first-order chi connectivity index (χ1) is 3.81. The first-order valence-electron chi connectivity index (χ1n) is 2.53. The van der Waals surface area contributed by atoms with Crippen molar-refractivity contribution in [1.82, 2.24) is 0 Å². The van der Waals surface area contributed by atoms with Crippen LogP contribution in [0.3, 0.4) is 0 Å². The topological polar surface area (TPSA) is 29.4 Å². The summed E-state index contributed by atoms with van der Waals surface area (Å²) in [6.45, 7) is 2.49. The molecule has 3 heteroatoms. The molecule has 0 aromatic carbocycles. The van der Waals surface area contributed by atoms with Crippen molar-refractivity contribution in [2.75, 3.05) is 6.54 Å². The van der Waals surface area contributed by atoms with E-state index in [0.29, 0.717) is 6.54 Å². The van der Waals surface area contributed by atoms with E-state index in [1.54, 1.807) is 0 Å². The van der Waals surface area contributed by atoms with E-state index in [1.807, 2.05) is 6.92 Å². The van der Waals surface area contributed by atoms with Crippen molar-refractivity contribution in [1.29, 1.82) is 0 Å². The normalized spacial score (nSPS) is 12.2. The van der Waals surface area contributed by atoms with Crippen LogP contribution >= 0.6 is 12.6 Å². The van der Waals surface area contributed by atoms with Crippen LogP contribution < -0.4 is 0 Å². The van der Waals surface area contributed by atoms with Crippen LogP contribution in [0.25, 0.3) is 0 Å². The van der Waals surface area contributed by atoms with Crippen LogP contribution in [0.2, 0.25) is 0 Å². The second-order valence-corrected chi connectivity index (χ2v) is 2.22. The van der Waals surface area contributed by atoms with Crippen molar-refractivity contribution in [3.8, 4) is 0 Å². The average molecular weight is 131 g/mol. The van der Waals surface area contributed by atoms with Crippen molar-refractivity contribution in [2.45, 2.75) is 18.6 Å². The molecule has 1 atom stereocenters. The molecule has 0 heterocycles. The molecule has 46 valence electrons. The van der Waals surface area contributed by atoms with E-state index in [-0.39, 0.29) is 5.25 Å². The fourth-order valence-corrected chi connectivity index (χ4v) is 0.353. The summed E-state index contributed by atoms with van der Waals surface area (Å²) in [6, 6.07) is 0. The number of hydrogen-bond donors (Lipinski definition) is 1. The number of carbonyl (C=O) groups excluding carboxylic acids is 1. The minimum Gasteiger partial charge on any atom is -0.211 e. The maximum atomic E-state index is 9.50. The van der Waals surface area contributed by atoms with Gasteiger partial charge >= 0.3 is 0 Å². The van der Waals surface area contributed by atoms with Crippen LogP contribution in [0.4, 0.5) is 0 Å². The zero-order valence-corrected chi connectivity index (χ0v) is 5.69. The van der Waals surface area contributed by atoms with Gasteiger partial charge in [-0.15, -0.1) is 0 Å². The van der Waals surface area contributed by atoms with Gasteiger partial charge in [0.2, 0.25) is 6.08 Å². The predicted molar refractivity (Wildman–Crippen MR) is 36.1 cm³/mol. The Morgan fingerprint density at radius 1 is 1.88 bits per heavy atom. The number of thiol groups is 1. The molecule has 0 fully saturated rings. The lowest BCUT2D eigenvalue weighted by Gasteiger charge is -1.97. The molecule has 0 saturated carbocycles. The van der Waals surface area contributed by atoms with Crippen molar-refractivity contribution < 1.29 is 4.79 Å². The van der Waals surface area contributed by atoms with Gasteiger partial charge in [-0.3, -0.25) is 0 Å². The predicted octanol–water partition coefficient (Wildman–Crippen LogP) is 1.03. The summed E-state index contributed by atoms with van der Waals surface area (Å²) in [5.74, 6) is 0. The molecule has 0 spiro atoms. The standard InChI is InChI=1S/C5H9NOS/c1-2-5(8)3-6-4-7/h5,8H,2-3H2,1H3. The molecule has 0 aliphatic carbocycles. The van der Waals surface area contributed by atoms with Gasteiger partial charge in [-0.1, -0.05) is 6.92 Å². The Morgan fingerprint density at radius 3 is 2.88 bits per heavy atom. The van der Waals surface area contributed by atoms with Crippen molar-refractivity contribution in [3.63, 3.8) is 0 Å². The Kier molecular flexibility index (Phi) is 4.71. The molecule has 0 aliphatic heterocycles. The second-order valence-electron chi connectivity index (χ2n) is 1.49. The van der Waals surface area contributed by atoms with Crippen molar-refractivity contribution in [3.05, 3.63) is 0 Å². The van der Waals surface area contributed by atoms with Crippen molar-refractivity contribution in [2.24, 2.45) is 4.99 Å². The smallest absolute Gasteiger partial charge is 0.211 e. The molecule has 0 bridgehead atoms. The van der Waals surface area contributed by atoms with Crippen LogP contribution in [-0.4, -0.2) is 17.9 Å². The summed E-state index contributed by atoms with van der Waals surface area (Å²) in [5, 5.41) is 0.219. The largest absolute Gasteiger partial charge is 0.234 e. The lowest BCUT2D eigenvalue weighted by Crippen LogP contribution is -1.99. The van der Waals surface area contributed by atoms with Gasteiger partial charge in [-0.2, -0.15) is 12.6 Å². The molecule has 1 unspecified atom stereocenters. The van der Waals surface area contributed by atoms with Gasteiger partial charge in [0.05, 0.1) is 6.54 Å². The van der Waals surface area contributed by atoms with Gasteiger partial charge in [0.25, 0.3) is 0 Å². The van der Waals surface area contributed by atoms with Crippen LogP contribution in [-0.2, 0) is 4.79 Å². The fraction of sp³-hybridized carbons (Fsp3) is 0.800. The second kappa shape index (κ2) is 4.88. The monoisotopic (exact) mass is 131 g/mol. The van der Waals surface area contributed by atoms with E-state index in [0.717, 1.165) is 6.42 Å². The summed E-state index contributed by atoms with van der Waals surface area (Å²) in [6.07, 6.45) is 2.40. The quantitative estimate of drug-likeness (QED) is 0.346. The Hall–Kier alpha value is -0.270. The molecular formula is C5H9NOS. The van der Waals surface area contributed by atoms with Crippen LogP contribution in [0.15, 0.2) is 4.99 Å². The molecule has 0 amide bonds. The minimum atomic E-state index is 0.219. The lowest BCUT2D eigenvalue weighted by atomic mass is 10.3. The molecule has 0 aromatic rings. The third-order valence-electron chi connectivity index (χ3n) is 0.838. The Balaban J connectivity index is 3.23. The maximum absolute atomic E-state index is 9.50. The summed E-state index contributed by atoms with van der Waals surface area (Å²) < 4.78 is 0. The first kappa shape index (κ1) is 7.73. The minimum absolute atomic E-state index is 0.219. The molecule has 0 aliphatic rings. The maximum Gasteiger partial charge on any atom is 0.234 e. The van der Waals surface area contributed by atoms with Gasteiger partial charge in [-0.25, -0.2) is 9.79 Å². The third-order valence-corrected chi connectivity index (χ3v) is 1.37. The Bertz CT molecular complexity index is 98.6. The highest BCUT2D eigenvalue weighted by atomic mass is 32.1. The molecule has 8 heavy (non-hydrogen) atoms. The van der Waals surface area contributed by atoms with E-state index in [1.165, 1.54) is 6.08 Å². The zero-order chi connectivity index (χ0) is 6.41. The molecule has 0 aromatic heterocycles. The van der Waals surface area contributed by atoms with E-state index >= 15 is 0 Å². The number of aliphatic imine (C=N–C) groups is 1. The van der Waals surface area contributed by atoms with Crippen LogP contribution in [0.1, 0.15) is 13.3 Å². The number of hydrogen-bond acceptors (Lipinski definition) is 3. The molecule has 0 saturated heterocycles. The molecule has 0 N–H and O–H groups in total. The first-order valence-corrected chi connectivity index (χ1v) is 3.04. The van der Waals surface area contributed by atoms with E-state index in [4.69, 9.17) is 0 Å². The Morgan fingerprint density at radius 2 is 2.50 bits per heavy atom. The molecule has 0 rings (SSSR count). The van der Waals surface area contributed by atoms with Gasteiger partial charge < -0.3 is 0 Å². The van der Waals surface area contributed by atoms with Crippen LogP contribution in [0.5, 0.6) is 0 Å². The third kappa shape index (κ3) is 3.90. The number of isocyanates is 1. The average Bonchev–Trinajstić information content (AvgIpc) is 1.83. The van der Waals surface area contributed by atoms with Gasteiger partial charge in [0.15, 0.2) is 0 Å².